The van der Waals surface area contributed by atoms with E-state index in [0.717, 1.165) is 70.8 Å². The molecule has 1 saturated heterocycles. The summed E-state index contributed by atoms with van der Waals surface area (Å²) in [5, 5.41) is 9.12. The predicted molar refractivity (Wildman–Crippen MR) is 186 cm³/mol. The number of unbranched alkanes of at least 4 members (excludes halogenated alkanes) is 18. The van der Waals surface area contributed by atoms with Crippen LogP contribution in [0.15, 0.2) is 12.2 Å². The lowest BCUT2D eigenvalue weighted by Gasteiger charge is -2.20. The van der Waals surface area contributed by atoms with Crippen molar-refractivity contribution < 1.29 is 24.1 Å². The molecule has 2 unspecified atom stereocenters. The van der Waals surface area contributed by atoms with E-state index in [1.165, 1.54) is 116 Å². The Balaban J connectivity index is 2.11. The summed E-state index contributed by atoms with van der Waals surface area (Å²) < 4.78 is 17.3. The van der Waals surface area contributed by atoms with E-state index in [1.807, 2.05) is 0 Å². The molecule has 260 valence electrons. The number of rotatable bonds is 32. The van der Waals surface area contributed by atoms with E-state index in [0.29, 0.717) is 0 Å². The summed E-state index contributed by atoms with van der Waals surface area (Å²) in [7, 11) is 4.31. The Morgan fingerprint density at radius 3 is 1.80 bits per heavy atom. The molecule has 0 aliphatic carbocycles. The van der Waals surface area contributed by atoms with Crippen LogP contribution < -0.4 is 0 Å². The third-order valence-corrected chi connectivity index (χ3v) is 8.97. The molecule has 1 aliphatic rings. The molecule has 0 aromatic rings. The lowest BCUT2D eigenvalue weighted by atomic mass is 10.0. The highest BCUT2D eigenvalue weighted by molar-refractivity contribution is 5.57. The van der Waals surface area contributed by atoms with Gasteiger partial charge in [-0.25, -0.2) is 4.79 Å². The molecule has 44 heavy (non-hydrogen) atoms. The zero-order valence-electron chi connectivity index (χ0n) is 29.4. The van der Waals surface area contributed by atoms with Crippen LogP contribution in [0.2, 0.25) is 0 Å². The lowest BCUT2D eigenvalue weighted by molar-refractivity contribution is -0.144. The second-order valence-electron chi connectivity index (χ2n) is 13.6. The van der Waals surface area contributed by atoms with Crippen LogP contribution in [0, 0.1) is 0 Å². The monoisotopic (exact) mass is 624 g/mol. The Hall–Kier alpha value is -1.11. The van der Waals surface area contributed by atoms with Crippen molar-refractivity contribution in [3.8, 4) is 0 Å². The molecular weight excluding hydrogens is 550 g/mol. The predicted octanol–water partition coefficient (Wildman–Crippen LogP) is 11.5. The van der Waals surface area contributed by atoms with Crippen LogP contribution in [0.25, 0.3) is 0 Å². The average molecular weight is 624 g/mol. The minimum atomic E-state index is -1.12. The fourth-order valence-corrected chi connectivity index (χ4v) is 6.24. The van der Waals surface area contributed by atoms with Crippen molar-refractivity contribution in [1.29, 1.82) is 0 Å². The zero-order chi connectivity index (χ0) is 31.9. The molecule has 0 saturated carbocycles. The summed E-state index contributed by atoms with van der Waals surface area (Å²) in [6.07, 6.45) is 36.2. The highest BCUT2D eigenvalue weighted by atomic mass is 16.7. The first-order valence-electron chi connectivity index (χ1n) is 19.0. The Labute approximate surface area is 273 Å². The Morgan fingerprint density at radius 2 is 1.27 bits per heavy atom. The first-order chi connectivity index (χ1) is 21.5. The molecule has 1 N–H and O–H groups in total. The van der Waals surface area contributed by atoms with Crippen molar-refractivity contribution in [1.82, 2.24) is 4.90 Å². The standard InChI is InChI=1S/C38H73NO5/c1-4-5-6-7-8-12-19-24-30-36(44-38(40)41)31-25-20-14-10-9-13-17-22-28-35(43-37-32-27-34-42-37)29-23-18-15-11-16-21-26-33-39(2)3/h17,22,35-37H,4-16,18-21,23-34H2,1-3H3,(H,40,41)/t35-,36?,37?/m0/s1. The first-order valence-corrected chi connectivity index (χ1v) is 19.0. The maximum atomic E-state index is 11.1. The molecule has 1 heterocycles. The second kappa shape index (κ2) is 30.5. The fourth-order valence-electron chi connectivity index (χ4n) is 6.24. The topological polar surface area (TPSA) is 68.2 Å². The van der Waals surface area contributed by atoms with Gasteiger partial charge in [0.25, 0.3) is 0 Å². The number of nitrogens with zero attached hydrogens (tertiary/aromatic N) is 1. The Bertz CT molecular complexity index is 649. The second-order valence-corrected chi connectivity index (χ2v) is 13.6. The third-order valence-electron chi connectivity index (χ3n) is 8.97. The zero-order valence-corrected chi connectivity index (χ0v) is 29.4. The van der Waals surface area contributed by atoms with E-state index < -0.39 is 6.16 Å². The van der Waals surface area contributed by atoms with Crippen molar-refractivity contribution in [3.63, 3.8) is 0 Å². The minimum absolute atomic E-state index is 0.00548. The number of allylic oxidation sites excluding steroid dienone is 1. The molecule has 0 spiro atoms. The van der Waals surface area contributed by atoms with Gasteiger partial charge in [0.1, 0.15) is 6.10 Å². The Morgan fingerprint density at radius 1 is 0.750 bits per heavy atom. The Kier molecular flexibility index (Phi) is 28.4. The molecule has 0 bridgehead atoms. The van der Waals surface area contributed by atoms with Gasteiger partial charge in [0, 0.05) is 13.0 Å². The van der Waals surface area contributed by atoms with Gasteiger partial charge in [-0.3, -0.25) is 0 Å². The van der Waals surface area contributed by atoms with Gasteiger partial charge in [-0.2, -0.15) is 0 Å². The summed E-state index contributed by atoms with van der Waals surface area (Å²) in [5.74, 6) is 0. The average Bonchev–Trinajstić information content (AvgIpc) is 3.50. The normalized spacial score (nSPS) is 16.7. The molecule has 1 rings (SSSR count). The van der Waals surface area contributed by atoms with E-state index in [-0.39, 0.29) is 18.5 Å². The van der Waals surface area contributed by atoms with Crippen molar-refractivity contribution in [2.75, 3.05) is 27.2 Å². The molecule has 0 aromatic carbocycles. The van der Waals surface area contributed by atoms with Gasteiger partial charge in [0.05, 0.1) is 6.10 Å². The van der Waals surface area contributed by atoms with E-state index in [1.54, 1.807) is 0 Å². The molecule has 0 amide bonds. The van der Waals surface area contributed by atoms with Crippen LogP contribution in [0.3, 0.4) is 0 Å². The van der Waals surface area contributed by atoms with Gasteiger partial charge in [-0.15, -0.1) is 0 Å². The van der Waals surface area contributed by atoms with E-state index >= 15 is 0 Å². The van der Waals surface area contributed by atoms with Gasteiger partial charge >= 0.3 is 6.16 Å². The molecule has 6 nitrogen and oxygen atoms in total. The smallest absolute Gasteiger partial charge is 0.450 e. The summed E-state index contributed by atoms with van der Waals surface area (Å²) in [6, 6.07) is 0. The molecule has 6 heteroatoms. The van der Waals surface area contributed by atoms with E-state index in [9.17, 15) is 4.79 Å². The summed E-state index contributed by atoms with van der Waals surface area (Å²) in [6.45, 7) is 4.30. The number of ether oxygens (including phenoxy) is 3. The van der Waals surface area contributed by atoms with Crippen LogP contribution in [0.1, 0.15) is 180 Å². The van der Waals surface area contributed by atoms with Crippen LogP contribution in [0.5, 0.6) is 0 Å². The lowest BCUT2D eigenvalue weighted by Crippen LogP contribution is -2.21. The third kappa shape index (κ3) is 27.2. The molecule has 1 aliphatic heterocycles. The van der Waals surface area contributed by atoms with Gasteiger partial charge in [-0.1, -0.05) is 122 Å². The molecular formula is C38H73NO5. The molecule has 1 fully saturated rings. The van der Waals surface area contributed by atoms with Crippen LogP contribution >= 0.6 is 0 Å². The highest BCUT2D eigenvalue weighted by Crippen LogP contribution is 2.21. The van der Waals surface area contributed by atoms with Crippen molar-refractivity contribution in [2.24, 2.45) is 0 Å². The molecule has 0 radical (unpaired) electrons. The quantitative estimate of drug-likeness (QED) is 0.0457. The van der Waals surface area contributed by atoms with Crippen LogP contribution in [0.4, 0.5) is 4.79 Å². The maximum Gasteiger partial charge on any atom is 0.506 e. The molecule has 0 aromatic heterocycles. The van der Waals surface area contributed by atoms with Crippen molar-refractivity contribution in [2.45, 2.75) is 199 Å². The number of hydrogen-bond acceptors (Lipinski definition) is 5. The van der Waals surface area contributed by atoms with Gasteiger partial charge in [-0.05, 0) is 84.8 Å². The number of carbonyl (C=O) groups is 1. The number of hydrogen-bond donors (Lipinski definition) is 1. The summed E-state index contributed by atoms with van der Waals surface area (Å²) in [4.78, 5) is 13.4. The van der Waals surface area contributed by atoms with Crippen molar-refractivity contribution >= 4 is 6.16 Å². The molecule has 3 atom stereocenters. The van der Waals surface area contributed by atoms with Crippen LogP contribution in [-0.2, 0) is 14.2 Å². The van der Waals surface area contributed by atoms with Gasteiger partial charge in [0.15, 0.2) is 6.29 Å². The summed E-state index contributed by atoms with van der Waals surface area (Å²) in [5.41, 5.74) is 0. The SMILES string of the molecule is CCCCCCCCCCC(CCCCCCCC=CC[C@@H](CCCCCCCCCN(C)C)OC1CCCO1)OC(=O)O. The maximum absolute atomic E-state index is 11.1. The fraction of sp³-hybridized carbons (Fsp3) is 0.921. The minimum Gasteiger partial charge on any atom is -0.450 e. The number of carboxylic acid groups (broad SMARTS) is 1. The largest absolute Gasteiger partial charge is 0.506 e. The van der Waals surface area contributed by atoms with Crippen molar-refractivity contribution in [3.05, 3.63) is 12.2 Å². The highest BCUT2D eigenvalue weighted by Gasteiger charge is 2.20. The van der Waals surface area contributed by atoms with Gasteiger partial charge < -0.3 is 24.2 Å². The summed E-state index contributed by atoms with van der Waals surface area (Å²) >= 11 is 0. The first kappa shape index (κ1) is 40.9. The van der Waals surface area contributed by atoms with E-state index in [2.05, 4.69) is 38.1 Å². The van der Waals surface area contributed by atoms with Gasteiger partial charge in [0.2, 0.25) is 0 Å². The van der Waals surface area contributed by atoms with Crippen LogP contribution in [-0.4, -0.2) is 61.9 Å². The van der Waals surface area contributed by atoms with E-state index in [4.69, 9.17) is 19.3 Å².